The molecule has 0 aliphatic rings. The molecule has 1 amide bonds. The maximum absolute atomic E-state index is 12.4. The van der Waals surface area contributed by atoms with Gasteiger partial charge < -0.3 is 10.4 Å². The smallest absolute Gasteiger partial charge is 0.343 e. The van der Waals surface area contributed by atoms with Crippen LogP contribution in [0.25, 0.3) is 0 Å². The topological polar surface area (TPSA) is 110 Å². The summed E-state index contributed by atoms with van der Waals surface area (Å²) >= 11 is 6.53. The highest BCUT2D eigenvalue weighted by Gasteiger charge is 2.27. The number of nitrogens with zero attached hydrogens (tertiary/aromatic N) is 1. The molecule has 9 heteroatoms. The summed E-state index contributed by atoms with van der Waals surface area (Å²) in [7, 11) is 0. The van der Waals surface area contributed by atoms with Gasteiger partial charge in [-0.2, -0.15) is 0 Å². The summed E-state index contributed by atoms with van der Waals surface area (Å²) in [6.07, 6.45) is 0. The van der Waals surface area contributed by atoms with E-state index in [0.717, 1.165) is 6.07 Å². The van der Waals surface area contributed by atoms with E-state index in [2.05, 4.69) is 37.2 Å². The van der Waals surface area contributed by atoms with E-state index in [0.29, 0.717) is 14.6 Å². The number of nitrogens with one attached hydrogen (secondary N) is 1. The molecule has 0 aliphatic heterocycles. The predicted molar refractivity (Wildman–Crippen MR) is 89.9 cm³/mol. The molecule has 0 spiro atoms. The van der Waals surface area contributed by atoms with Gasteiger partial charge in [0.25, 0.3) is 11.6 Å². The normalized spacial score (nSPS) is 10.2. The first-order valence-corrected chi connectivity index (χ1v) is 7.67. The van der Waals surface area contributed by atoms with Crippen molar-refractivity contribution >= 4 is 55.1 Å². The number of rotatable bonds is 4. The van der Waals surface area contributed by atoms with Gasteiger partial charge in [0.1, 0.15) is 5.56 Å². The maximum atomic E-state index is 12.4. The van der Waals surface area contributed by atoms with Gasteiger partial charge in [-0.1, -0.05) is 12.1 Å². The van der Waals surface area contributed by atoms with Crippen LogP contribution >= 0.6 is 31.9 Å². The number of aromatic carboxylic acids is 1. The summed E-state index contributed by atoms with van der Waals surface area (Å²) < 4.78 is 1.14. The second kappa shape index (κ2) is 6.88. The van der Waals surface area contributed by atoms with Crippen LogP contribution in [0.3, 0.4) is 0 Å². The second-order valence-corrected chi connectivity index (χ2v) is 6.02. The summed E-state index contributed by atoms with van der Waals surface area (Å²) in [5.74, 6) is -2.31. The average molecular weight is 444 g/mol. The number of anilines is 1. The lowest BCUT2D eigenvalue weighted by Gasteiger charge is -2.11. The third-order valence-corrected chi connectivity index (χ3v) is 4.22. The Hall–Kier alpha value is -2.26. The van der Waals surface area contributed by atoms with Gasteiger partial charge in [-0.05, 0) is 50.1 Å². The number of hydrogen-bond acceptors (Lipinski definition) is 4. The largest absolute Gasteiger partial charge is 0.477 e. The lowest BCUT2D eigenvalue weighted by molar-refractivity contribution is -0.385. The Morgan fingerprint density at radius 3 is 2.17 bits per heavy atom. The number of carboxylic acid groups (broad SMARTS) is 1. The van der Waals surface area contributed by atoms with Crippen LogP contribution in [0.15, 0.2) is 45.3 Å². The molecule has 2 aromatic rings. The molecular weight excluding hydrogens is 436 g/mol. The molecule has 0 radical (unpaired) electrons. The molecule has 0 fully saturated rings. The van der Waals surface area contributed by atoms with Crippen molar-refractivity contribution in [2.75, 3.05) is 5.32 Å². The van der Waals surface area contributed by atoms with Crippen LogP contribution in [-0.4, -0.2) is 21.9 Å². The lowest BCUT2D eigenvalue weighted by atomic mass is 10.0. The van der Waals surface area contributed by atoms with Crippen LogP contribution in [-0.2, 0) is 0 Å². The van der Waals surface area contributed by atoms with Crippen molar-refractivity contribution in [3.63, 3.8) is 0 Å². The molecule has 0 saturated heterocycles. The van der Waals surface area contributed by atoms with Gasteiger partial charge in [-0.3, -0.25) is 14.9 Å². The van der Waals surface area contributed by atoms with E-state index >= 15 is 0 Å². The zero-order chi connectivity index (χ0) is 17.1. The van der Waals surface area contributed by atoms with E-state index in [9.17, 15) is 24.8 Å². The quantitative estimate of drug-likeness (QED) is 0.546. The van der Waals surface area contributed by atoms with Crippen LogP contribution in [0.5, 0.6) is 0 Å². The maximum Gasteiger partial charge on any atom is 0.343 e. The zero-order valence-corrected chi connectivity index (χ0v) is 14.4. The summed E-state index contributed by atoms with van der Waals surface area (Å²) in [6, 6.07) is 8.62. The molecule has 23 heavy (non-hydrogen) atoms. The molecule has 0 heterocycles. The Labute approximate surface area is 146 Å². The number of benzene rings is 2. The summed E-state index contributed by atoms with van der Waals surface area (Å²) in [6.45, 7) is 0. The molecule has 0 aromatic heterocycles. The minimum atomic E-state index is -1.55. The third-order valence-electron chi connectivity index (χ3n) is 2.90. The minimum absolute atomic E-state index is 0.297. The minimum Gasteiger partial charge on any atom is -0.477 e. The van der Waals surface area contributed by atoms with Crippen molar-refractivity contribution in [3.8, 4) is 0 Å². The van der Waals surface area contributed by atoms with Gasteiger partial charge in [0.2, 0.25) is 0 Å². The van der Waals surface area contributed by atoms with Crippen molar-refractivity contribution in [1.82, 2.24) is 0 Å². The Morgan fingerprint density at radius 2 is 1.65 bits per heavy atom. The molecule has 118 valence electrons. The van der Waals surface area contributed by atoms with Crippen LogP contribution in [0.1, 0.15) is 20.7 Å². The van der Waals surface area contributed by atoms with Crippen molar-refractivity contribution in [2.24, 2.45) is 0 Å². The first kappa shape index (κ1) is 17.1. The Bertz CT molecular complexity index is 803. The first-order chi connectivity index (χ1) is 10.8. The molecule has 2 rings (SSSR count). The zero-order valence-electron chi connectivity index (χ0n) is 11.2. The summed E-state index contributed by atoms with van der Waals surface area (Å²) in [5.41, 5.74) is -1.20. The molecule has 2 N–H and O–H groups in total. The van der Waals surface area contributed by atoms with Gasteiger partial charge in [0, 0.05) is 15.0 Å². The fraction of sp³-hybridized carbons (Fsp3) is 0. The average Bonchev–Trinajstić information content (AvgIpc) is 2.49. The third kappa shape index (κ3) is 3.57. The molecule has 0 saturated carbocycles. The van der Waals surface area contributed by atoms with Gasteiger partial charge in [0.15, 0.2) is 0 Å². The van der Waals surface area contributed by atoms with Gasteiger partial charge in [-0.25, -0.2) is 4.79 Å². The van der Waals surface area contributed by atoms with E-state index in [4.69, 9.17) is 0 Å². The SMILES string of the molecule is O=C(Nc1c(Br)cccc1Br)c1cccc([N+](=O)[O-])c1C(=O)O. The van der Waals surface area contributed by atoms with Gasteiger partial charge in [0.05, 0.1) is 16.2 Å². The number of carbonyl (C=O) groups excluding carboxylic acids is 1. The number of halogens is 2. The fourth-order valence-electron chi connectivity index (χ4n) is 1.90. The summed E-state index contributed by atoms with van der Waals surface area (Å²) in [5, 5.41) is 22.7. The Balaban J connectivity index is 2.50. The van der Waals surface area contributed by atoms with Gasteiger partial charge >= 0.3 is 5.97 Å². The number of amides is 1. The van der Waals surface area contributed by atoms with Crippen molar-refractivity contribution in [3.05, 3.63) is 66.6 Å². The second-order valence-electron chi connectivity index (χ2n) is 4.31. The van der Waals surface area contributed by atoms with E-state index in [-0.39, 0.29) is 5.56 Å². The highest BCUT2D eigenvalue weighted by Crippen LogP contribution is 2.31. The van der Waals surface area contributed by atoms with E-state index in [1.165, 1.54) is 12.1 Å². The molecular formula is C14H8Br2N2O5. The number of para-hydroxylation sites is 1. The number of hydrogen-bond donors (Lipinski definition) is 2. The van der Waals surface area contributed by atoms with E-state index < -0.39 is 28.1 Å². The molecule has 0 atom stereocenters. The monoisotopic (exact) mass is 442 g/mol. The highest BCUT2D eigenvalue weighted by molar-refractivity contribution is 9.11. The van der Waals surface area contributed by atoms with Crippen LogP contribution in [0.2, 0.25) is 0 Å². The standard InChI is InChI=1S/C14H8Br2N2O5/c15-8-4-2-5-9(16)12(8)17-13(19)7-3-1-6-10(18(22)23)11(7)14(20)21/h1-6H,(H,17,19)(H,20,21). The van der Waals surface area contributed by atoms with Crippen LogP contribution in [0, 0.1) is 10.1 Å². The first-order valence-electron chi connectivity index (χ1n) is 6.09. The summed E-state index contributed by atoms with van der Waals surface area (Å²) in [4.78, 5) is 33.8. The highest BCUT2D eigenvalue weighted by atomic mass is 79.9. The Kier molecular flexibility index (Phi) is 5.12. The molecule has 0 bridgehead atoms. The van der Waals surface area contributed by atoms with Crippen molar-refractivity contribution in [1.29, 1.82) is 0 Å². The molecule has 7 nitrogen and oxygen atoms in total. The number of carboxylic acids is 1. The number of nitro groups is 1. The van der Waals surface area contributed by atoms with Crippen molar-refractivity contribution in [2.45, 2.75) is 0 Å². The van der Waals surface area contributed by atoms with Crippen LogP contribution < -0.4 is 5.32 Å². The van der Waals surface area contributed by atoms with E-state index in [1.54, 1.807) is 18.2 Å². The molecule has 0 unspecified atom stereocenters. The number of carbonyl (C=O) groups is 2. The number of nitro benzene ring substituents is 1. The van der Waals surface area contributed by atoms with Crippen LogP contribution in [0.4, 0.5) is 11.4 Å². The fourth-order valence-corrected chi connectivity index (χ4v) is 3.10. The lowest BCUT2D eigenvalue weighted by Crippen LogP contribution is -2.18. The predicted octanol–water partition coefficient (Wildman–Crippen LogP) is 4.07. The van der Waals surface area contributed by atoms with Crippen molar-refractivity contribution < 1.29 is 19.6 Å². The van der Waals surface area contributed by atoms with Gasteiger partial charge in [-0.15, -0.1) is 0 Å². The van der Waals surface area contributed by atoms with E-state index in [1.807, 2.05) is 0 Å². The molecule has 2 aromatic carbocycles. The molecule has 0 aliphatic carbocycles. The Morgan fingerprint density at radius 1 is 1.09 bits per heavy atom.